The van der Waals surface area contributed by atoms with Crippen LogP contribution < -0.4 is 19.8 Å². The maximum absolute atomic E-state index is 12.6. The van der Waals surface area contributed by atoms with Crippen LogP contribution in [0, 0.1) is 10.8 Å². The first-order chi connectivity index (χ1) is 16.3. The number of rotatable bonds is 8. The number of para-hydroxylation sites is 1. The van der Waals surface area contributed by atoms with Crippen LogP contribution in [0.3, 0.4) is 0 Å². The van der Waals surface area contributed by atoms with Gasteiger partial charge in [-0.1, -0.05) is 50.6 Å². The topological polar surface area (TPSA) is 97.3 Å². The van der Waals surface area contributed by atoms with Gasteiger partial charge in [0.25, 0.3) is 8.32 Å². The number of nitrogens with two attached hydrogens (primary N) is 1. The Kier molecular flexibility index (Phi) is 8.11. The molecule has 0 atom stereocenters. The molecule has 0 radical (unpaired) electrons. The van der Waals surface area contributed by atoms with Gasteiger partial charge >= 0.3 is 6.09 Å². The second kappa shape index (κ2) is 10.5. The summed E-state index contributed by atoms with van der Waals surface area (Å²) < 4.78 is 17.0. The minimum Gasteiger partial charge on any atom is -0.543 e. The molecule has 0 spiro atoms. The number of carbonyl (C=O) groups is 1. The van der Waals surface area contributed by atoms with Crippen molar-refractivity contribution in [3.05, 3.63) is 65.5 Å². The van der Waals surface area contributed by atoms with Gasteiger partial charge in [0.05, 0.1) is 23.7 Å². The van der Waals surface area contributed by atoms with Crippen molar-refractivity contribution in [2.45, 2.75) is 45.8 Å². The number of amides is 1. The van der Waals surface area contributed by atoms with Crippen LogP contribution in [0.4, 0.5) is 10.5 Å². The van der Waals surface area contributed by atoms with E-state index in [2.05, 4.69) is 39.2 Å². The van der Waals surface area contributed by atoms with E-state index in [4.69, 9.17) is 30.9 Å². The lowest BCUT2D eigenvalue weighted by atomic mass is 9.83. The maximum atomic E-state index is 12.6. The van der Waals surface area contributed by atoms with E-state index >= 15 is 0 Å². The first-order valence-electron chi connectivity index (χ1n) is 11.5. The van der Waals surface area contributed by atoms with Gasteiger partial charge in [-0.25, -0.2) is 10.1 Å². The molecule has 9 heteroatoms. The highest BCUT2D eigenvalue weighted by Gasteiger charge is 2.39. The molecule has 0 aromatic heterocycles. The number of hydrogen-bond acceptors (Lipinski definition) is 5. The standard InChI is InChI=1S/C26H34ClN3O4Si/c1-25(2,3)35(5,6)34-21-13-12-18(14-20(21)27)29-23(15-22(28)26(4)16-32-17-26)30-24(31)33-19-10-8-7-9-11-19/h7-15,28-29H,16-17H2,1-6H3,(H,30,31)/p+1. The van der Waals surface area contributed by atoms with E-state index in [9.17, 15) is 4.79 Å². The number of allylic oxidation sites excluding steroid dienone is 1. The van der Waals surface area contributed by atoms with Gasteiger partial charge in [0.15, 0.2) is 0 Å². The summed E-state index contributed by atoms with van der Waals surface area (Å²) in [6.45, 7) is 13.8. The van der Waals surface area contributed by atoms with E-state index in [0.29, 0.717) is 41.3 Å². The minimum atomic E-state index is -2.05. The van der Waals surface area contributed by atoms with Crippen LogP contribution in [-0.2, 0) is 4.74 Å². The summed E-state index contributed by atoms with van der Waals surface area (Å²) >= 11 is 6.58. The highest BCUT2D eigenvalue weighted by Crippen LogP contribution is 2.39. The van der Waals surface area contributed by atoms with E-state index in [-0.39, 0.29) is 10.5 Å². The summed E-state index contributed by atoms with van der Waals surface area (Å²) in [5.74, 6) is 1.48. The van der Waals surface area contributed by atoms with Crippen molar-refractivity contribution >= 4 is 37.4 Å². The summed E-state index contributed by atoms with van der Waals surface area (Å²) in [4.78, 5) is 12.6. The number of halogens is 1. The predicted octanol–water partition coefficient (Wildman–Crippen LogP) is 5.61. The van der Waals surface area contributed by atoms with E-state index < -0.39 is 14.4 Å². The molecule has 0 bridgehead atoms. The molecule has 1 saturated heterocycles. The molecule has 3 rings (SSSR count). The average molecular weight is 517 g/mol. The number of nitrogens with one attached hydrogen (secondary N) is 2. The van der Waals surface area contributed by atoms with Crippen LogP contribution >= 0.6 is 11.6 Å². The van der Waals surface area contributed by atoms with E-state index in [1.807, 2.05) is 25.1 Å². The lowest BCUT2D eigenvalue weighted by Gasteiger charge is -2.37. The summed E-state index contributed by atoms with van der Waals surface area (Å²) in [5.41, 5.74) is 0.730. The number of ether oxygens (including phenoxy) is 2. The third-order valence-corrected chi connectivity index (χ3v) is 11.1. The third-order valence-electron chi connectivity index (χ3n) is 6.44. The molecule has 2 aromatic rings. The molecule has 0 saturated carbocycles. The second-order valence-corrected chi connectivity index (χ2v) is 15.7. The molecule has 4 N–H and O–H groups in total. The van der Waals surface area contributed by atoms with Gasteiger partial charge in [-0.2, -0.15) is 0 Å². The molecular weight excluding hydrogens is 482 g/mol. The van der Waals surface area contributed by atoms with E-state index in [1.54, 1.807) is 41.7 Å². The van der Waals surface area contributed by atoms with Crippen molar-refractivity contribution in [3.63, 3.8) is 0 Å². The molecule has 0 aliphatic carbocycles. The molecule has 1 amide bonds. The SMILES string of the molecule is CC1(C(=N)C=C(NC(=O)Oc2ccccc2)[NH2+]c2ccc(O[Si](C)(C)C(C)(C)C)c(Cl)c2)COC1. The molecule has 188 valence electrons. The summed E-state index contributed by atoms with van der Waals surface area (Å²) in [7, 11) is -2.05. The molecule has 1 aliphatic heterocycles. The molecule has 7 nitrogen and oxygen atoms in total. The van der Waals surface area contributed by atoms with Crippen molar-refractivity contribution in [3.8, 4) is 11.5 Å². The predicted molar refractivity (Wildman–Crippen MR) is 141 cm³/mol. The second-order valence-electron chi connectivity index (χ2n) is 10.6. The van der Waals surface area contributed by atoms with Crippen LogP contribution in [0.5, 0.6) is 11.5 Å². The van der Waals surface area contributed by atoms with Gasteiger partial charge in [0, 0.05) is 23.9 Å². The summed E-state index contributed by atoms with van der Waals surface area (Å²) in [5, 5.41) is 13.6. The Morgan fingerprint density at radius 3 is 2.40 bits per heavy atom. The van der Waals surface area contributed by atoms with Gasteiger partial charge < -0.3 is 19.3 Å². The lowest BCUT2D eigenvalue weighted by Crippen LogP contribution is -2.79. The molecule has 1 heterocycles. The fraction of sp³-hybridized carbons (Fsp3) is 0.385. The zero-order valence-corrected chi connectivity index (χ0v) is 23.0. The Bertz CT molecular complexity index is 1110. The van der Waals surface area contributed by atoms with Crippen LogP contribution in [-0.4, -0.2) is 33.3 Å². The Labute approximate surface area is 213 Å². The molecular formula is C26H35ClN3O4Si+. The first kappa shape index (κ1) is 26.9. The monoisotopic (exact) mass is 516 g/mol. The quantitative estimate of drug-likeness (QED) is 0.241. The summed E-state index contributed by atoms with van der Waals surface area (Å²) in [6, 6.07) is 14.3. The maximum Gasteiger partial charge on any atom is 0.421 e. The number of quaternary nitrogens is 1. The molecule has 1 aliphatic rings. The van der Waals surface area contributed by atoms with Crippen molar-refractivity contribution < 1.29 is 24.0 Å². The van der Waals surface area contributed by atoms with Crippen LogP contribution in [0.25, 0.3) is 0 Å². The largest absolute Gasteiger partial charge is 0.543 e. The van der Waals surface area contributed by atoms with Crippen LogP contribution in [0.1, 0.15) is 27.7 Å². The van der Waals surface area contributed by atoms with Crippen molar-refractivity contribution in [2.75, 3.05) is 13.2 Å². The molecule has 35 heavy (non-hydrogen) atoms. The highest BCUT2D eigenvalue weighted by atomic mass is 35.5. The van der Waals surface area contributed by atoms with Gasteiger partial charge in [-0.05, 0) is 43.3 Å². The van der Waals surface area contributed by atoms with E-state index in [1.165, 1.54) is 0 Å². The zero-order chi connectivity index (χ0) is 25.9. The van der Waals surface area contributed by atoms with Crippen molar-refractivity contribution in [2.24, 2.45) is 5.41 Å². The highest BCUT2D eigenvalue weighted by molar-refractivity contribution is 6.74. The molecule has 1 fully saturated rings. The molecule has 2 aromatic carbocycles. The fourth-order valence-electron chi connectivity index (χ4n) is 3.04. The van der Waals surface area contributed by atoms with E-state index in [0.717, 1.165) is 5.69 Å². The van der Waals surface area contributed by atoms with Crippen LogP contribution in [0.2, 0.25) is 23.2 Å². The van der Waals surface area contributed by atoms with Gasteiger partial charge in [-0.15, -0.1) is 0 Å². The summed E-state index contributed by atoms with van der Waals surface area (Å²) in [6.07, 6.45) is 0.980. The van der Waals surface area contributed by atoms with Crippen molar-refractivity contribution in [1.82, 2.24) is 5.32 Å². The zero-order valence-electron chi connectivity index (χ0n) is 21.2. The van der Waals surface area contributed by atoms with Gasteiger partial charge in [0.1, 0.15) is 17.2 Å². The minimum absolute atomic E-state index is 0.0434. The van der Waals surface area contributed by atoms with Gasteiger partial charge in [-0.3, -0.25) is 5.32 Å². The molecule has 0 unspecified atom stereocenters. The Morgan fingerprint density at radius 2 is 1.86 bits per heavy atom. The number of benzene rings is 2. The third kappa shape index (κ3) is 6.95. The van der Waals surface area contributed by atoms with Gasteiger partial charge in [0.2, 0.25) is 5.82 Å². The lowest BCUT2D eigenvalue weighted by molar-refractivity contribution is -0.522. The normalized spacial score (nSPS) is 15.7. The fourth-order valence-corrected chi connectivity index (χ4v) is 4.37. The van der Waals surface area contributed by atoms with Crippen LogP contribution in [0.15, 0.2) is 60.4 Å². The first-order valence-corrected chi connectivity index (χ1v) is 14.8. The smallest absolute Gasteiger partial charge is 0.421 e. The Balaban J connectivity index is 1.79. The number of hydrogen-bond donors (Lipinski definition) is 3. The number of carbonyl (C=O) groups excluding carboxylic acids is 1. The van der Waals surface area contributed by atoms with Crippen molar-refractivity contribution in [1.29, 1.82) is 5.41 Å². The average Bonchev–Trinajstić information content (AvgIpc) is 2.73. The Hall–Kier alpha value is -2.65. The Morgan fingerprint density at radius 1 is 1.20 bits per heavy atom.